The summed E-state index contributed by atoms with van der Waals surface area (Å²) >= 11 is 0. The van der Waals surface area contributed by atoms with Crippen LogP contribution in [-0.2, 0) is 6.42 Å². The number of rotatable bonds is 0. The molecule has 1 aromatic carbocycles. The van der Waals surface area contributed by atoms with Gasteiger partial charge in [-0.05, 0) is 18.1 Å². The standard InChI is InChI=1S/C9H11NO3/c10-6-1-5-2-7(11)8(12)3-9(5)13-4-6/h2-3,6,11-12H,1,4,10H2. The summed E-state index contributed by atoms with van der Waals surface area (Å²) in [5.41, 5.74) is 6.51. The fourth-order valence-electron chi connectivity index (χ4n) is 1.43. The van der Waals surface area contributed by atoms with Gasteiger partial charge in [0.25, 0.3) is 0 Å². The van der Waals surface area contributed by atoms with Crippen molar-refractivity contribution < 1.29 is 14.9 Å². The largest absolute Gasteiger partial charge is 0.504 e. The van der Waals surface area contributed by atoms with Gasteiger partial charge in [-0.3, -0.25) is 0 Å². The number of fused-ring (bicyclic) bond motifs is 1. The Hall–Kier alpha value is -1.42. The second-order valence-electron chi connectivity index (χ2n) is 3.22. The molecule has 0 amide bonds. The minimum absolute atomic E-state index is 0.0311. The van der Waals surface area contributed by atoms with E-state index in [0.29, 0.717) is 18.8 Å². The first-order valence-electron chi connectivity index (χ1n) is 4.10. The molecule has 1 aliphatic heterocycles. The Labute approximate surface area is 75.6 Å². The molecule has 0 radical (unpaired) electrons. The van der Waals surface area contributed by atoms with Crippen LogP contribution in [0.1, 0.15) is 5.56 Å². The van der Waals surface area contributed by atoms with Gasteiger partial charge in [0.05, 0.1) is 0 Å². The molecule has 1 atom stereocenters. The Kier molecular flexibility index (Phi) is 1.77. The molecule has 1 heterocycles. The highest BCUT2D eigenvalue weighted by atomic mass is 16.5. The normalized spacial score (nSPS) is 20.5. The second-order valence-corrected chi connectivity index (χ2v) is 3.22. The summed E-state index contributed by atoms with van der Waals surface area (Å²) in [6.07, 6.45) is 0.670. The Balaban J connectivity index is 2.43. The van der Waals surface area contributed by atoms with Gasteiger partial charge in [-0.25, -0.2) is 0 Å². The van der Waals surface area contributed by atoms with E-state index >= 15 is 0 Å². The molecule has 4 nitrogen and oxygen atoms in total. The molecular weight excluding hydrogens is 170 g/mol. The van der Waals surface area contributed by atoms with Crippen LogP contribution in [0.15, 0.2) is 12.1 Å². The molecule has 1 aromatic rings. The van der Waals surface area contributed by atoms with Gasteiger partial charge < -0.3 is 20.7 Å². The summed E-state index contributed by atoms with van der Waals surface area (Å²) in [6.45, 7) is 0.456. The van der Waals surface area contributed by atoms with E-state index in [1.54, 1.807) is 0 Å². The van der Waals surface area contributed by atoms with E-state index < -0.39 is 0 Å². The van der Waals surface area contributed by atoms with Gasteiger partial charge in [-0.1, -0.05) is 0 Å². The fourth-order valence-corrected chi connectivity index (χ4v) is 1.43. The lowest BCUT2D eigenvalue weighted by Crippen LogP contribution is -2.33. The SMILES string of the molecule is NC1COc2cc(O)c(O)cc2C1. The Bertz CT molecular complexity index is 338. The minimum atomic E-state index is -0.158. The first kappa shape index (κ1) is 8.19. The molecule has 0 fully saturated rings. The smallest absolute Gasteiger partial charge is 0.161 e. The molecule has 0 saturated heterocycles. The lowest BCUT2D eigenvalue weighted by molar-refractivity contribution is 0.260. The van der Waals surface area contributed by atoms with Crippen LogP contribution < -0.4 is 10.5 Å². The number of nitrogens with two attached hydrogens (primary N) is 1. The van der Waals surface area contributed by atoms with Gasteiger partial charge >= 0.3 is 0 Å². The minimum Gasteiger partial charge on any atom is -0.504 e. The molecule has 1 unspecified atom stereocenters. The average Bonchev–Trinajstić information content (AvgIpc) is 2.08. The van der Waals surface area contributed by atoms with Crippen LogP contribution in [0.2, 0.25) is 0 Å². The highest BCUT2D eigenvalue weighted by Gasteiger charge is 2.18. The van der Waals surface area contributed by atoms with Crippen molar-refractivity contribution in [2.45, 2.75) is 12.5 Å². The van der Waals surface area contributed by atoms with Crippen molar-refractivity contribution >= 4 is 0 Å². The summed E-state index contributed by atoms with van der Waals surface area (Å²) in [4.78, 5) is 0. The first-order valence-corrected chi connectivity index (χ1v) is 4.10. The maximum Gasteiger partial charge on any atom is 0.161 e. The molecule has 0 bridgehead atoms. The number of phenolic OH excluding ortho intramolecular Hbond substituents is 2. The van der Waals surface area contributed by atoms with Crippen molar-refractivity contribution in [2.75, 3.05) is 6.61 Å². The quantitative estimate of drug-likeness (QED) is 0.505. The molecule has 4 N–H and O–H groups in total. The van der Waals surface area contributed by atoms with Crippen molar-refractivity contribution in [1.82, 2.24) is 0 Å². The van der Waals surface area contributed by atoms with Crippen molar-refractivity contribution in [1.29, 1.82) is 0 Å². The van der Waals surface area contributed by atoms with E-state index in [2.05, 4.69) is 0 Å². The topological polar surface area (TPSA) is 75.7 Å². The summed E-state index contributed by atoms with van der Waals surface area (Å²) in [6, 6.07) is 2.87. The monoisotopic (exact) mass is 181 g/mol. The number of hydrogen-bond acceptors (Lipinski definition) is 4. The third-order valence-electron chi connectivity index (χ3n) is 2.09. The average molecular weight is 181 g/mol. The van der Waals surface area contributed by atoms with Crippen LogP contribution in [0.5, 0.6) is 17.2 Å². The Morgan fingerprint density at radius 1 is 1.31 bits per heavy atom. The van der Waals surface area contributed by atoms with E-state index in [4.69, 9.17) is 10.5 Å². The zero-order chi connectivity index (χ0) is 9.42. The van der Waals surface area contributed by atoms with Crippen LogP contribution in [0.25, 0.3) is 0 Å². The number of phenols is 2. The third kappa shape index (κ3) is 1.40. The van der Waals surface area contributed by atoms with Crippen molar-refractivity contribution in [3.8, 4) is 17.2 Å². The van der Waals surface area contributed by atoms with Crippen LogP contribution in [0.4, 0.5) is 0 Å². The van der Waals surface area contributed by atoms with Crippen LogP contribution >= 0.6 is 0 Å². The zero-order valence-corrected chi connectivity index (χ0v) is 7.03. The number of hydrogen-bond donors (Lipinski definition) is 3. The van der Waals surface area contributed by atoms with Gasteiger partial charge in [0.15, 0.2) is 11.5 Å². The van der Waals surface area contributed by atoms with Crippen molar-refractivity contribution in [3.63, 3.8) is 0 Å². The highest BCUT2D eigenvalue weighted by Crippen LogP contribution is 2.35. The summed E-state index contributed by atoms with van der Waals surface area (Å²) in [5, 5.41) is 18.4. The van der Waals surface area contributed by atoms with E-state index in [1.807, 2.05) is 0 Å². The van der Waals surface area contributed by atoms with Crippen molar-refractivity contribution in [3.05, 3.63) is 17.7 Å². The maximum atomic E-state index is 9.22. The molecule has 2 rings (SSSR count). The molecule has 13 heavy (non-hydrogen) atoms. The molecule has 0 aromatic heterocycles. The Morgan fingerprint density at radius 2 is 2.00 bits per heavy atom. The number of benzene rings is 1. The van der Waals surface area contributed by atoms with Crippen molar-refractivity contribution in [2.24, 2.45) is 5.73 Å². The van der Waals surface area contributed by atoms with Crippen LogP contribution in [0, 0.1) is 0 Å². The summed E-state index contributed by atoms with van der Waals surface area (Å²) in [5.74, 6) is 0.322. The lowest BCUT2D eigenvalue weighted by atomic mass is 10.0. The summed E-state index contributed by atoms with van der Waals surface area (Å²) in [7, 11) is 0. The van der Waals surface area contributed by atoms with Crippen LogP contribution in [0.3, 0.4) is 0 Å². The van der Waals surface area contributed by atoms with E-state index in [9.17, 15) is 10.2 Å². The zero-order valence-electron chi connectivity index (χ0n) is 7.03. The summed E-state index contributed by atoms with van der Waals surface area (Å²) < 4.78 is 5.28. The van der Waals surface area contributed by atoms with Crippen LogP contribution in [-0.4, -0.2) is 22.9 Å². The maximum absolute atomic E-state index is 9.22. The number of ether oxygens (including phenoxy) is 1. The van der Waals surface area contributed by atoms with Gasteiger partial charge in [0, 0.05) is 12.1 Å². The fraction of sp³-hybridized carbons (Fsp3) is 0.333. The molecule has 0 aliphatic carbocycles. The van der Waals surface area contributed by atoms with Gasteiger partial charge in [-0.15, -0.1) is 0 Å². The second kappa shape index (κ2) is 2.81. The third-order valence-corrected chi connectivity index (χ3v) is 2.09. The molecule has 70 valence electrons. The molecule has 0 spiro atoms. The molecule has 1 aliphatic rings. The number of aromatic hydroxyl groups is 2. The molecule has 0 saturated carbocycles. The van der Waals surface area contributed by atoms with Gasteiger partial charge in [-0.2, -0.15) is 0 Å². The Morgan fingerprint density at radius 3 is 2.77 bits per heavy atom. The van der Waals surface area contributed by atoms with E-state index in [-0.39, 0.29) is 17.5 Å². The predicted octanol–water partition coefficient (Wildman–Crippen LogP) is 0.360. The van der Waals surface area contributed by atoms with Gasteiger partial charge in [0.1, 0.15) is 12.4 Å². The first-order chi connectivity index (χ1) is 6.16. The molecular formula is C9H11NO3. The molecule has 4 heteroatoms. The lowest BCUT2D eigenvalue weighted by Gasteiger charge is -2.22. The predicted molar refractivity (Wildman–Crippen MR) is 46.9 cm³/mol. The van der Waals surface area contributed by atoms with Gasteiger partial charge in [0.2, 0.25) is 0 Å². The van der Waals surface area contributed by atoms with E-state index in [0.717, 1.165) is 5.56 Å². The van der Waals surface area contributed by atoms with E-state index in [1.165, 1.54) is 12.1 Å². The highest BCUT2D eigenvalue weighted by molar-refractivity contribution is 5.50.